The van der Waals surface area contributed by atoms with Crippen molar-refractivity contribution in [3.8, 4) is 28.7 Å². The molecule has 8 unspecified atom stereocenters. The molecule has 2 aromatic rings. The number of benzene rings is 2. The second kappa shape index (κ2) is 11.5. The minimum absolute atomic E-state index is 0.0353. The third-order valence-corrected chi connectivity index (χ3v) is 6.91. The summed E-state index contributed by atoms with van der Waals surface area (Å²) in [5.41, 5.74) is 1.85. The molecule has 0 saturated carbocycles. The predicted octanol–water partition coefficient (Wildman–Crippen LogP) is 0.154. The summed E-state index contributed by atoms with van der Waals surface area (Å²) in [6, 6.07) is 6.68. The van der Waals surface area contributed by atoms with Crippen LogP contribution in [0.25, 0.3) is 0 Å². The summed E-state index contributed by atoms with van der Waals surface area (Å²) >= 11 is 0. The van der Waals surface area contributed by atoms with Crippen molar-refractivity contribution in [3.63, 3.8) is 0 Å². The number of ether oxygens (including phenoxy) is 6. The Bertz CT molecular complexity index is 1090. The molecule has 0 spiro atoms. The zero-order valence-electron chi connectivity index (χ0n) is 21.5. The van der Waals surface area contributed by atoms with E-state index in [0.29, 0.717) is 28.2 Å². The molecule has 210 valence electrons. The molecule has 2 aliphatic heterocycles. The normalized spacial score (nSPS) is 29.3. The summed E-state index contributed by atoms with van der Waals surface area (Å²) in [4.78, 5) is 0. The summed E-state index contributed by atoms with van der Waals surface area (Å²) in [5.74, 6) is 0.729. The maximum Gasteiger partial charge on any atom is 0.229 e. The monoisotopic (exact) mass is 538 g/mol. The largest absolute Gasteiger partial charge is 0.493 e. The van der Waals surface area contributed by atoms with Crippen molar-refractivity contribution in [2.24, 2.45) is 0 Å². The Morgan fingerprint density at radius 2 is 1.47 bits per heavy atom. The lowest BCUT2D eigenvalue weighted by Gasteiger charge is -2.39. The smallest absolute Gasteiger partial charge is 0.229 e. The third kappa shape index (κ3) is 4.96. The Morgan fingerprint density at radius 1 is 0.842 bits per heavy atom. The lowest BCUT2D eigenvalue weighted by Crippen LogP contribution is -2.60. The maximum absolute atomic E-state index is 10.4. The summed E-state index contributed by atoms with van der Waals surface area (Å²) < 4.78 is 34.1. The molecule has 2 aliphatic rings. The fourth-order valence-corrected chi connectivity index (χ4v) is 4.77. The average Bonchev–Trinajstić information content (AvgIpc) is 3.31. The van der Waals surface area contributed by atoms with Gasteiger partial charge < -0.3 is 59.1 Å². The molecule has 2 heterocycles. The van der Waals surface area contributed by atoms with Crippen molar-refractivity contribution >= 4 is 0 Å². The van der Waals surface area contributed by atoms with Gasteiger partial charge in [0.25, 0.3) is 0 Å². The zero-order chi connectivity index (χ0) is 27.7. The Kier molecular flexibility index (Phi) is 8.52. The first-order valence-corrected chi connectivity index (χ1v) is 12.1. The van der Waals surface area contributed by atoms with Crippen LogP contribution in [0.2, 0.25) is 0 Å². The van der Waals surface area contributed by atoms with Crippen molar-refractivity contribution < 1.29 is 59.1 Å². The number of fused-ring (bicyclic) bond motifs is 1. The van der Waals surface area contributed by atoms with Gasteiger partial charge in [0.1, 0.15) is 30.5 Å². The van der Waals surface area contributed by atoms with Gasteiger partial charge in [-0.1, -0.05) is 0 Å². The van der Waals surface area contributed by atoms with Crippen LogP contribution >= 0.6 is 0 Å². The van der Waals surface area contributed by atoms with E-state index in [9.17, 15) is 30.6 Å². The van der Waals surface area contributed by atoms with Crippen LogP contribution in [0.3, 0.4) is 0 Å². The number of aliphatic hydroxyl groups is 6. The van der Waals surface area contributed by atoms with E-state index in [1.807, 2.05) is 0 Å². The number of rotatable bonds is 9. The Balaban J connectivity index is 1.70. The van der Waals surface area contributed by atoms with E-state index in [1.165, 1.54) is 21.3 Å². The van der Waals surface area contributed by atoms with E-state index < -0.39 is 55.4 Å². The fraction of sp³-hybridized carbons (Fsp3) is 0.538. The second-order valence-corrected chi connectivity index (χ2v) is 9.21. The first-order valence-electron chi connectivity index (χ1n) is 12.1. The lowest BCUT2D eigenvalue weighted by atomic mass is 9.90. The van der Waals surface area contributed by atoms with Crippen molar-refractivity contribution in [3.05, 3.63) is 41.0 Å². The standard InChI is InChI=1S/C26H34O12/c1-11(29)12-5-14-15(9-27)23(37-24(14)16(6-12)33-2)13-7-17(34-3)25(18(8-13)35-4)38-26-22(32)21(31)20(30)19(10-28)36-26/h5-8,11,15,19-23,26-32H,9-10H2,1-4H3. The molecule has 6 N–H and O–H groups in total. The molecule has 12 heteroatoms. The fourth-order valence-electron chi connectivity index (χ4n) is 4.77. The topological polar surface area (TPSA) is 177 Å². The minimum atomic E-state index is -1.64. The van der Waals surface area contributed by atoms with Crippen molar-refractivity contribution in [1.82, 2.24) is 0 Å². The molecule has 0 aromatic heterocycles. The van der Waals surface area contributed by atoms with Crippen molar-refractivity contribution in [2.45, 2.75) is 55.8 Å². The highest BCUT2D eigenvalue weighted by Gasteiger charge is 2.45. The molecule has 4 rings (SSSR count). The Hall–Kier alpha value is -2.84. The highest BCUT2D eigenvalue weighted by atomic mass is 16.7. The quantitative estimate of drug-likeness (QED) is 0.255. The van der Waals surface area contributed by atoms with E-state index in [-0.39, 0.29) is 23.9 Å². The molecule has 2 aromatic carbocycles. The van der Waals surface area contributed by atoms with Crippen LogP contribution in [0, 0.1) is 0 Å². The summed E-state index contributed by atoms with van der Waals surface area (Å²) in [5, 5.41) is 60.5. The van der Waals surface area contributed by atoms with Crippen LogP contribution < -0.4 is 23.7 Å². The molecular formula is C26H34O12. The van der Waals surface area contributed by atoms with E-state index in [1.54, 1.807) is 31.2 Å². The van der Waals surface area contributed by atoms with Crippen LogP contribution in [-0.2, 0) is 4.74 Å². The highest BCUT2D eigenvalue weighted by Crippen LogP contribution is 2.53. The van der Waals surface area contributed by atoms with Crippen LogP contribution in [0.15, 0.2) is 24.3 Å². The van der Waals surface area contributed by atoms with Crippen molar-refractivity contribution in [2.75, 3.05) is 34.5 Å². The predicted molar refractivity (Wildman–Crippen MR) is 131 cm³/mol. The molecular weight excluding hydrogens is 504 g/mol. The number of methoxy groups -OCH3 is 3. The van der Waals surface area contributed by atoms with Crippen LogP contribution in [0.5, 0.6) is 28.7 Å². The summed E-state index contributed by atoms with van der Waals surface area (Å²) in [6.45, 7) is 0.754. The minimum Gasteiger partial charge on any atom is -0.493 e. The van der Waals surface area contributed by atoms with E-state index in [0.717, 1.165) is 0 Å². The molecule has 8 atom stereocenters. The molecule has 1 saturated heterocycles. The Morgan fingerprint density at radius 3 is 2.00 bits per heavy atom. The highest BCUT2D eigenvalue weighted by molar-refractivity contribution is 5.58. The molecule has 0 amide bonds. The molecule has 0 bridgehead atoms. The van der Waals surface area contributed by atoms with Crippen LogP contribution in [0.1, 0.15) is 41.7 Å². The first-order chi connectivity index (χ1) is 18.2. The zero-order valence-corrected chi connectivity index (χ0v) is 21.5. The lowest BCUT2D eigenvalue weighted by molar-refractivity contribution is -0.277. The summed E-state index contributed by atoms with van der Waals surface area (Å²) in [7, 11) is 4.28. The number of hydrogen-bond acceptors (Lipinski definition) is 12. The molecule has 38 heavy (non-hydrogen) atoms. The van der Waals surface area contributed by atoms with E-state index in [4.69, 9.17) is 28.4 Å². The maximum atomic E-state index is 10.4. The molecule has 1 fully saturated rings. The molecule has 0 radical (unpaired) electrons. The molecule has 12 nitrogen and oxygen atoms in total. The SMILES string of the molecule is COc1cc(C2Oc3c(OC)cc(C(C)O)cc3C2CO)cc(OC)c1OC1OC(CO)C(O)C(O)C1O. The van der Waals surface area contributed by atoms with Gasteiger partial charge in [-0.25, -0.2) is 0 Å². The van der Waals surface area contributed by atoms with Crippen LogP contribution in [-0.4, -0.2) is 95.9 Å². The van der Waals surface area contributed by atoms with Gasteiger partial charge in [0.05, 0.1) is 46.6 Å². The summed E-state index contributed by atoms with van der Waals surface area (Å²) in [6.07, 6.45) is -8.86. The van der Waals surface area contributed by atoms with Gasteiger partial charge in [0, 0.05) is 11.1 Å². The number of hydrogen-bond donors (Lipinski definition) is 6. The van der Waals surface area contributed by atoms with Crippen molar-refractivity contribution in [1.29, 1.82) is 0 Å². The van der Waals surface area contributed by atoms with E-state index >= 15 is 0 Å². The average molecular weight is 539 g/mol. The first kappa shape index (κ1) is 28.2. The van der Waals surface area contributed by atoms with Gasteiger partial charge in [0.2, 0.25) is 12.0 Å². The molecule has 0 aliphatic carbocycles. The Labute approximate surface area is 219 Å². The van der Waals surface area contributed by atoms with Gasteiger partial charge >= 0.3 is 0 Å². The number of aliphatic hydroxyl groups excluding tert-OH is 6. The van der Waals surface area contributed by atoms with Gasteiger partial charge in [-0.3, -0.25) is 0 Å². The van der Waals surface area contributed by atoms with Gasteiger partial charge in [-0.2, -0.15) is 0 Å². The van der Waals surface area contributed by atoms with Gasteiger partial charge in [-0.15, -0.1) is 0 Å². The van der Waals surface area contributed by atoms with E-state index in [2.05, 4.69) is 0 Å². The second-order valence-electron chi connectivity index (χ2n) is 9.21. The van der Waals surface area contributed by atoms with Gasteiger partial charge in [0.15, 0.2) is 23.0 Å². The third-order valence-electron chi connectivity index (χ3n) is 6.91. The van der Waals surface area contributed by atoms with Crippen LogP contribution in [0.4, 0.5) is 0 Å². The van der Waals surface area contributed by atoms with Gasteiger partial charge in [-0.05, 0) is 36.8 Å².